The molecule has 1 atom stereocenters. The SMILES string of the molecule is CCC(O)c1c(-c2ccc(OC)cc2)nc2ccccn12. The molecule has 4 nitrogen and oxygen atoms in total. The molecule has 21 heavy (non-hydrogen) atoms. The third-order valence-corrected chi connectivity index (χ3v) is 3.63. The molecule has 2 heterocycles. The Morgan fingerprint density at radius 1 is 1.19 bits per heavy atom. The summed E-state index contributed by atoms with van der Waals surface area (Å²) >= 11 is 0. The first-order chi connectivity index (χ1) is 10.2. The van der Waals surface area contributed by atoms with Crippen molar-refractivity contribution in [2.24, 2.45) is 0 Å². The molecule has 0 bridgehead atoms. The van der Waals surface area contributed by atoms with Crippen molar-refractivity contribution in [2.45, 2.75) is 19.4 Å². The highest BCUT2D eigenvalue weighted by atomic mass is 16.5. The molecule has 1 N–H and O–H groups in total. The van der Waals surface area contributed by atoms with Crippen molar-refractivity contribution >= 4 is 5.65 Å². The zero-order chi connectivity index (χ0) is 14.8. The maximum Gasteiger partial charge on any atom is 0.137 e. The Morgan fingerprint density at radius 2 is 1.95 bits per heavy atom. The molecule has 108 valence electrons. The van der Waals surface area contributed by atoms with E-state index < -0.39 is 6.10 Å². The fraction of sp³-hybridized carbons (Fsp3) is 0.235. The second-order valence-electron chi connectivity index (χ2n) is 4.93. The predicted octanol–water partition coefficient (Wildman–Crippen LogP) is 3.45. The first kappa shape index (κ1) is 13.6. The van der Waals surface area contributed by atoms with Gasteiger partial charge in [-0.2, -0.15) is 0 Å². The van der Waals surface area contributed by atoms with Crippen LogP contribution in [0.1, 0.15) is 25.1 Å². The first-order valence-corrected chi connectivity index (χ1v) is 7.04. The van der Waals surface area contributed by atoms with Gasteiger partial charge in [-0.05, 0) is 42.8 Å². The van der Waals surface area contributed by atoms with Gasteiger partial charge in [0.15, 0.2) is 0 Å². The highest BCUT2D eigenvalue weighted by Gasteiger charge is 2.19. The van der Waals surface area contributed by atoms with Crippen molar-refractivity contribution in [3.05, 3.63) is 54.4 Å². The minimum absolute atomic E-state index is 0.542. The van der Waals surface area contributed by atoms with Gasteiger partial charge in [-0.15, -0.1) is 0 Å². The summed E-state index contributed by atoms with van der Waals surface area (Å²) in [6, 6.07) is 13.6. The number of pyridine rings is 1. The van der Waals surface area contributed by atoms with Gasteiger partial charge in [-0.25, -0.2) is 4.98 Å². The molecule has 0 aliphatic heterocycles. The van der Waals surface area contributed by atoms with E-state index in [4.69, 9.17) is 4.74 Å². The topological polar surface area (TPSA) is 46.8 Å². The Morgan fingerprint density at radius 3 is 2.62 bits per heavy atom. The predicted molar refractivity (Wildman–Crippen MR) is 82.4 cm³/mol. The molecule has 1 aromatic carbocycles. The number of fused-ring (bicyclic) bond motifs is 1. The second kappa shape index (κ2) is 5.58. The van der Waals surface area contributed by atoms with Crippen LogP contribution in [0.15, 0.2) is 48.7 Å². The summed E-state index contributed by atoms with van der Waals surface area (Å²) in [5.41, 5.74) is 3.46. The lowest BCUT2D eigenvalue weighted by molar-refractivity contribution is 0.168. The summed E-state index contributed by atoms with van der Waals surface area (Å²) in [4.78, 5) is 4.67. The zero-order valence-electron chi connectivity index (χ0n) is 12.2. The van der Waals surface area contributed by atoms with Crippen LogP contribution in [0.3, 0.4) is 0 Å². The highest BCUT2D eigenvalue weighted by Crippen LogP contribution is 2.31. The first-order valence-electron chi connectivity index (χ1n) is 7.04. The van der Waals surface area contributed by atoms with E-state index >= 15 is 0 Å². The number of methoxy groups -OCH3 is 1. The molecule has 0 radical (unpaired) electrons. The van der Waals surface area contributed by atoms with Crippen LogP contribution in [-0.4, -0.2) is 21.6 Å². The van der Waals surface area contributed by atoms with Gasteiger partial charge in [-0.1, -0.05) is 13.0 Å². The van der Waals surface area contributed by atoms with E-state index in [0.717, 1.165) is 28.3 Å². The maximum absolute atomic E-state index is 10.4. The van der Waals surface area contributed by atoms with Crippen LogP contribution in [0.2, 0.25) is 0 Å². The molecule has 0 fully saturated rings. The van der Waals surface area contributed by atoms with Crippen molar-refractivity contribution in [1.82, 2.24) is 9.38 Å². The lowest BCUT2D eigenvalue weighted by Gasteiger charge is -2.11. The van der Waals surface area contributed by atoms with E-state index in [0.29, 0.717) is 6.42 Å². The normalized spacial score (nSPS) is 12.5. The summed E-state index contributed by atoms with van der Waals surface area (Å²) in [6.07, 6.45) is 2.04. The fourth-order valence-electron chi connectivity index (χ4n) is 2.49. The minimum Gasteiger partial charge on any atom is -0.497 e. The van der Waals surface area contributed by atoms with E-state index in [1.807, 2.05) is 60.0 Å². The Labute approximate surface area is 123 Å². The van der Waals surface area contributed by atoms with Crippen molar-refractivity contribution in [2.75, 3.05) is 7.11 Å². The summed E-state index contributed by atoms with van der Waals surface area (Å²) in [6.45, 7) is 1.96. The van der Waals surface area contributed by atoms with Gasteiger partial charge in [-0.3, -0.25) is 0 Å². The molecular formula is C17H18N2O2. The molecule has 1 unspecified atom stereocenters. The van der Waals surface area contributed by atoms with Gasteiger partial charge in [0.1, 0.15) is 11.4 Å². The molecule has 2 aromatic heterocycles. The number of aliphatic hydroxyl groups excluding tert-OH is 1. The lowest BCUT2D eigenvalue weighted by Crippen LogP contribution is -2.02. The summed E-state index contributed by atoms with van der Waals surface area (Å²) in [5.74, 6) is 0.806. The number of hydrogen-bond acceptors (Lipinski definition) is 3. The molecule has 3 rings (SSSR count). The highest BCUT2D eigenvalue weighted by molar-refractivity contribution is 5.67. The van der Waals surface area contributed by atoms with Gasteiger partial charge in [0, 0.05) is 11.8 Å². The van der Waals surface area contributed by atoms with Crippen LogP contribution < -0.4 is 4.74 Å². The fourth-order valence-corrected chi connectivity index (χ4v) is 2.49. The van der Waals surface area contributed by atoms with Crippen LogP contribution in [-0.2, 0) is 0 Å². The monoisotopic (exact) mass is 282 g/mol. The van der Waals surface area contributed by atoms with Crippen LogP contribution in [0.25, 0.3) is 16.9 Å². The van der Waals surface area contributed by atoms with Gasteiger partial charge in [0.25, 0.3) is 0 Å². The molecule has 0 saturated heterocycles. The van der Waals surface area contributed by atoms with E-state index in [1.165, 1.54) is 0 Å². The van der Waals surface area contributed by atoms with Crippen molar-refractivity contribution < 1.29 is 9.84 Å². The summed E-state index contributed by atoms with van der Waals surface area (Å²) < 4.78 is 7.14. The molecule has 0 amide bonds. The molecule has 0 saturated carbocycles. The summed E-state index contributed by atoms with van der Waals surface area (Å²) in [7, 11) is 1.65. The third kappa shape index (κ3) is 2.38. The van der Waals surface area contributed by atoms with Gasteiger partial charge >= 0.3 is 0 Å². The number of hydrogen-bond donors (Lipinski definition) is 1. The Balaban J connectivity index is 2.20. The number of aliphatic hydroxyl groups is 1. The Hall–Kier alpha value is -2.33. The van der Waals surface area contributed by atoms with E-state index in [9.17, 15) is 5.11 Å². The van der Waals surface area contributed by atoms with Crippen LogP contribution in [0, 0.1) is 0 Å². The number of rotatable bonds is 4. The van der Waals surface area contributed by atoms with E-state index in [-0.39, 0.29) is 0 Å². The second-order valence-corrected chi connectivity index (χ2v) is 4.93. The standard InChI is InChI=1S/C17H18N2O2/c1-3-14(20)17-16(12-7-9-13(21-2)10-8-12)18-15-6-4-5-11-19(15)17/h4-11,14,20H,3H2,1-2H3. The molecule has 0 spiro atoms. The Kier molecular flexibility index (Phi) is 3.62. The third-order valence-electron chi connectivity index (χ3n) is 3.63. The number of ether oxygens (including phenoxy) is 1. The van der Waals surface area contributed by atoms with Crippen LogP contribution >= 0.6 is 0 Å². The molecule has 4 heteroatoms. The quantitative estimate of drug-likeness (QED) is 0.797. The average Bonchev–Trinajstić information content (AvgIpc) is 2.93. The lowest BCUT2D eigenvalue weighted by atomic mass is 10.1. The molecule has 0 aliphatic rings. The molecule has 0 aliphatic carbocycles. The van der Waals surface area contributed by atoms with Gasteiger partial charge in [0.05, 0.1) is 24.6 Å². The summed E-state index contributed by atoms with van der Waals surface area (Å²) in [5, 5.41) is 10.4. The van der Waals surface area contributed by atoms with Gasteiger partial charge in [0.2, 0.25) is 0 Å². The number of imidazole rings is 1. The largest absolute Gasteiger partial charge is 0.497 e. The molecular weight excluding hydrogens is 264 g/mol. The van der Waals surface area contributed by atoms with Crippen LogP contribution in [0.4, 0.5) is 0 Å². The van der Waals surface area contributed by atoms with Gasteiger partial charge < -0.3 is 14.2 Å². The maximum atomic E-state index is 10.4. The molecule has 3 aromatic rings. The van der Waals surface area contributed by atoms with Crippen molar-refractivity contribution in [1.29, 1.82) is 0 Å². The average molecular weight is 282 g/mol. The smallest absolute Gasteiger partial charge is 0.137 e. The number of nitrogens with zero attached hydrogens (tertiary/aromatic N) is 2. The zero-order valence-corrected chi connectivity index (χ0v) is 12.2. The number of aromatic nitrogens is 2. The number of benzene rings is 1. The van der Waals surface area contributed by atoms with E-state index in [1.54, 1.807) is 7.11 Å². The van der Waals surface area contributed by atoms with E-state index in [2.05, 4.69) is 4.98 Å². The van der Waals surface area contributed by atoms with Crippen molar-refractivity contribution in [3.8, 4) is 17.0 Å². The van der Waals surface area contributed by atoms with Crippen molar-refractivity contribution in [3.63, 3.8) is 0 Å². The Bertz CT molecular complexity index is 747. The van der Waals surface area contributed by atoms with Crippen LogP contribution in [0.5, 0.6) is 5.75 Å². The minimum atomic E-state index is -0.542.